The second-order valence-electron chi connectivity index (χ2n) is 5.17. The molecular formula is C15H18N2O2. The maximum atomic E-state index is 12.2. The van der Waals surface area contributed by atoms with Crippen molar-refractivity contribution in [2.75, 3.05) is 13.2 Å². The van der Waals surface area contributed by atoms with E-state index in [1.54, 1.807) is 0 Å². The van der Waals surface area contributed by atoms with Crippen LogP contribution in [-0.2, 0) is 4.74 Å². The number of benzene rings is 1. The van der Waals surface area contributed by atoms with Crippen LogP contribution in [0.4, 0.5) is 0 Å². The number of aryl methyl sites for hydroxylation is 2. The summed E-state index contributed by atoms with van der Waals surface area (Å²) in [5.74, 6) is -0.0179. The fraction of sp³-hybridized carbons (Fsp3) is 0.400. The molecule has 1 fully saturated rings. The predicted octanol–water partition coefficient (Wildman–Crippen LogP) is 2.30. The van der Waals surface area contributed by atoms with Crippen molar-refractivity contribution in [2.24, 2.45) is 0 Å². The summed E-state index contributed by atoms with van der Waals surface area (Å²) in [6.07, 6.45) is 0.899. The number of hydrogen-bond donors (Lipinski definition) is 2. The summed E-state index contributed by atoms with van der Waals surface area (Å²) in [7, 11) is 0. The fourth-order valence-electron chi connectivity index (χ4n) is 2.52. The number of carbonyl (C=O) groups is 1. The molecule has 1 amide bonds. The zero-order valence-corrected chi connectivity index (χ0v) is 11.2. The molecule has 2 heterocycles. The molecule has 3 rings (SSSR count). The third-order valence-electron chi connectivity index (χ3n) is 3.84. The van der Waals surface area contributed by atoms with Crippen LogP contribution in [0.1, 0.15) is 28.0 Å². The number of nitrogens with one attached hydrogen (secondary N) is 2. The summed E-state index contributed by atoms with van der Waals surface area (Å²) in [6, 6.07) is 5.94. The Balaban J connectivity index is 1.87. The van der Waals surface area contributed by atoms with Gasteiger partial charge in [0.05, 0.1) is 12.6 Å². The Hall–Kier alpha value is -1.81. The normalized spacial score (nSPS) is 18.9. The first-order valence-corrected chi connectivity index (χ1v) is 6.62. The summed E-state index contributed by atoms with van der Waals surface area (Å²) < 4.78 is 5.27. The lowest BCUT2D eigenvalue weighted by Crippen LogP contribution is -2.34. The van der Waals surface area contributed by atoms with Crippen molar-refractivity contribution < 1.29 is 9.53 Å². The van der Waals surface area contributed by atoms with Crippen molar-refractivity contribution in [3.8, 4) is 0 Å². The van der Waals surface area contributed by atoms with Gasteiger partial charge in [-0.25, -0.2) is 0 Å². The van der Waals surface area contributed by atoms with Gasteiger partial charge in [0.1, 0.15) is 0 Å². The third kappa shape index (κ3) is 2.24. The molecule has 1 saturated heterocycles. The van der Waals surface area contributed by atoms with Gasteiger partial charge in [0.15, 0.2) is 0 Å². The first-order valence-electron chi connectivity index (χ1n) is 6.62. The van der Waals surface area contributed by atoms with Crippen molar-refractivity contribution in [1.82, 2.24) is 10.3 Å². The summed E-state index contributed by atoms with van der Waals surface area (Å²) in [6.45, 7) is 5.47. The van der Waals surface area contributed by atoms with E-state index in [1.807, 2.05) is 25.1 Å². The number of amides is 1. The Morgan fingerprint density at radius 1 is 1.42 bits per heavy atom. The van der Waals surface area contributed by atoms with Crippen LogP contribution in [-0.4, -0.2) is 30.1 Å². The molecule has 1 aromatic heterocycles. The lowest BCUT2D eigenvalue weighted by molar-refractivity contribution is 0.0930. The second-order valence-corrected chi connectivity index (χ2v) is 5.17. The smallest absolute Gasteiger partial charge is 0.251 e. The van der Waals surface area contributed by atoms with Gasteiger partial charge in [-0.1, -0.05) is 0 Å². The molecule has 2 N–H and O–H groups in total. The topological polar surface area (TPSA) is 54.1 Å². The molecule has 1 unspecified atom stereocenters. The molecule has 1 aromatic carbocycles. The zero-order chi connectivity index (χ0) is 13.4. The van der Waals surface area contributed by atoms with E-state index in [9.17, 15) is 4.79 Å². The molecular weight excluding hydrogens is 240 g/mol. The molecule has 0 aliphatic carbocycles. The van der Waals surface area contributed by atoms with Crippen LogP contribution in [0.25, 0.3) is 10.9 Å². The van der Waals surface area contributed by atoms with Gasteiger partial charge in [0.25, 0.3) is 5.91 Å². The number of fused-ring (bicyclic) bond motifs is 1. The molecule has 4 nitrogen and oxygen atoms in total. The van der Waals surface area contributed by atoms with E-state index in [0.29, 0.717) is 12.2 Å². The average molecular weight is 258 g/mol. The van der Waals surface area contributed by atoms with Crippen LogP contribution in [0.5, 0.6) is 0 Å². The van der Waals surface area contributed by atoms with E-state index in [1.165, 1.54) is 5.56 Å². The monoisotopic (exact) mass is 258 g/mol. The van der Waals surface area contributed by atoms with Crippen molar-refractivity contribution in [3.05, 3.63) is 35.0 Å². The minimum Gasteiger partial charge on any atom is -0.379 e. The first kappa shape index (κ1) is 12.2. The quantitative estimate of drug-likeness (QED) is 0.868. The standard InChI is InChI=1S/C15H18N2O2/c1-9-10(2)16-14-4-3-11(7-13(9)14)15(18)17-12-5-6-19-8-12/h3-4,7,12,16H,5-6,8H2,1-2H3,(H,17,18). The van der Waals surface area contributed by atoms with Crippen LogP contribution >= 0.6 is 0 Å². The van der Waals surface area contributed by atoms with Gasteiger partial charge in [0, 0.05) is 28.8 Å². The lowest BCUT2D eigenvalue weighted by atomic mass is 10.1. The summed E-state index contributed by atoms with van der Waals surface area (Å²) in [4.78, 5) is 15.5. The molecule has 0 spiro atoms. The number of hydrogen-bond acceptors (Lipinski definition) is 2. The lowest BCUT2D eigenvalue weighted by Gasteiger charge is -2.10. The van der Waals surface area contributed by atoms with E-state index >= 15 is 0 Å². The van der Waals surface area contributed by atoms with E-state index in [-0.39, 0.29) is 11.9 Å². The highest BCUT2D eigenvalue weighted by atomic mass is 16.5. The van der Waals surface area contributed by atoms with Crippen LogP contribution in [0.15, 0.2) is 18.2 Å². The number of carbonyl (C=O) groups excluding carboxylic acids is 1. The van der Waals surface area contributed by atoms with Crippen LogP contribution in [0.2, 0.25) is 0 Å². The third-order valence-corrected chi connectivity index (χ3v) is 3.84. The Morgan fingerprint density at radius 3 is 3.00 bits per heavy atom. The molecule has 4 heteroatoms. The predicted molar refractivity (Wildman–Crippen MR) is 74.5 cm³/mol. The Bertz CT molecular complexity index is 624. The molecule has 1 aliphatic rings. The van der Waals surface area contributed by atoms with Crippen LogP contribution in [0.3, 0.4) is 0 Å². The highest BCUT2D eigenvalue weighted by molar-refractivity contribution is 5.99. The minimum atomic E-state index is -0.0179. The largest absolute Gasteiger partial charge is 0.379 e. The maximum Gasteiger partial charge on any atom is 0.251 e. The van der Waals surface area contributed by atoms with Crippen LogP contribution < -0.4 is 5.32 Å². The SMILES string of the molecule is Cc1[nH]c2ccc(C(=O)NC3CCOC3)cc2c1C. The number of aromatic nitrogens is 1. The summed E-state index contributed by atoms with van der Waals surface area (Å²) >= 11 is 0. The van der Waals surface area contributed by atoms with Crippen molar-refractivity contribution in [3.63, 3.8) is 0 Å². The van der Waals surface area contributed by atoms with Gasteiger partial charge in [-0.3, -0.25) is 4.79 Å². The summed E-state index contributed by atoms with van der Waals surface area (Å²) in [5, 5.41) is 4.13. The van der Waals surface area contributed by atoms with Gasteiger partial charge in [-0.2, -0.15) is 0 Å². The van der Waals surface area contributed by atoms with Gasteiger partial charge in [-0.05, 0) is 44.0 Å². The molecule has 1 atom stereocenters. The van der Waals surface area contributed by atoms with Gasteiger partial charge in [0.2, 0.25) is 0 Å². The van der Waals surface area contributed by atoms with E-state index in [2.05, 4.69) is 17.2 Å². The van der Waals surface area contributed by atoms with Crippen molar-refractivity contribution >= 4 is 16.8 Å². The maximum absolute atomic E-state index is 12.2. The van der Waals surface area contributed by atoms with E-state index < -0.39 is 0 Å². The summed E-state index contributed by atoms with van der Waals surface area (Å²) in [5.41, 5.74) is 4.14. The number of H-pyrrole nitrogens is 1. The average Bonchev–Trinajstić information content (AvgIpc) is 2.99. The Kier molecular flexibility index (Phi) is 3.03. The molecule has 0 saturated carbocycles. The molecule has 0 radical (unpaired) electrons. The highest BCUT2D eigenvalue weighted by Crippen LogP contribution is 2.22. The fourth-order valence-corrected chi connectivity index (χ4v) is 2.52. The Morgan fingerprint density at radius 2 is 2.26 bits per heavy atom. The molecule has 19 heavy (non-hydrogen) atoms. The second kappa shape index (κ2) is 4.70. The minimum absolute atomic E-state index is 0.0179. The van der Waals surface area contributed by atoms with Gasteiger partial charge < -0.3 is 15.0 Å². The first-order chi connectivity index (χ1) is 9.15. The highest BCUT2D eigenvalue weighted by Gasteiger charge is 2.19. The molecule has 2 aromatic rings. The van der Waals surface area contributed by atoms with E-state index in [4.69, 9.17) is 4.74 Å². The zero-order valence-electron chi connectivity index (χ0n) is 11.2. The molecule has 1 aliphatic heterocycles. The van der Waals surface area contributed by atoms with Gasteiger partial charge >= 0.3 is 0 Å². The Labute approximate surface area is 112 Å². The van der Waals surface area contributed by atoms with E-state index in [0.717, 1.165) is 29.6 Å². The van der Waals surface area contributed by atoms with Gasteiger partial charge in [-0.15, -0.1) is 0 Å². The van der Waals surface area contributed by atoms with Crippen LogP contribution in [0, 0.1) is 13.8 Å². The number of rotatable bonds is 2. The molecule has 100 valence electrons. The number of ether oxygens (including phenoxy) is 1. The number of aromatic amines is 1. The van der Waals surface area contributed by atoms with Crippen molar-refractivity contribution in [2.45, 2.75) is 26.3 Å². The van der Waals surface area contributed by atoms with Crippen molar-refractivity contribution in [1.29, 1.82) is 0 Å². The molecule has 0 bridgehead atoms.